The van der Waals surface area contributed by atoms with Crippen molar-refractivity contribution >= 4 is 16.5 Å². The second-order valence-electron chi connectivity index (χ2n) is 3.24. The van der Waals surface area contributed by atoms with Crippen LogP contribution in [0.1, 0.15) is 6.92 Å². The Balaban J connectivity index is 2.67. The minimum Gasteiger partial charge on any atom is -0.508 e. The fraction of sp³-hybridized carbons (Fsp3) is 0.167. The predicted molar refractivity (Wildman–Crippen MR) is 59.8 cm³/mol. The SMILES string of the molecule is CCNc1cc(O)cc2ccccc12. The van der Waals surface area contributed by atoms with Crippen molar-refractivity contribution in [2.75, 3.05) is 11.9 Å². The number of rotatable bonds is 2. The topological polar surface area (TPSA) is 32.3 Å². The first kappa shape index (κ1) is 8.88. The molecular formula is C12H13NO. The Morgan fingerprint density at radius 3 is 2.79 bits per heavy atom. The van der Waals surface area contributed by atoms with E-state index in [2.05, 4.69) is 5.32 Å². The highest BCUT2D eigenvalue weighted by Gasteiger charge is 2.01. The number of hydrogen-bond donors (Lipinski definition) is 2. The summed E-state index contributed by atoms with van der Waals surface area (Å²) < 4.78 is 0. The molecule has 0 radical (unpaired) electrons. The van der Waals surface area contributed by atoms with Gasteiger partial charge in [-0.3, -0.25) is 0 Å². The lowest BCUT2D eigenvalue weighted by Gasteiger charge is -2.08. The van der Waals surface area contributed by atoms with E-state index in [1.54, 1.807) is 12.1 Å². The number of hydrogen-bond acceptors (Lipinski definition) is 2. The van der Waals surface area contributed by atoms with Gasteiger partial charge in [0.25, 0.3) is 0 Å². The average molecular weight is 187 g/mol. The molecule has 0 aromatic heterocycles. The van der Waals surface area contributed by atoms with Crippen LogP contribution in [0.5, 0.6) is 5.75 Å². The Morgan fingerprint density at radius 2 is 2.00 bits per heavy atom. The Morgan fingerprint density at radius 1 is 1.21 bits per heavy atom. The third-order valence-corrected chi connectivity index (χ3v) is 2.21. The van der Waals surface area contributed by atoms with E-state index in [1.165, 1.54) is 0 Å². The summed E-state index contributed by atoms with van der Waals surface area (Å²) in [6.07, 6.45) is 0. The highest BCUT2D eigenvalue weighted by atomic mass is 16.3. The maximum absolute atomic E-state index is 9.50. The molecule has 0 amide bonds. The summed E-state index contributed by atoms with van der Waals surface area (Å²) in [5.74, 6) is 0.305. The number of phenolic OH excluding ortho intramolecular Hbond substituents is 1. The first-order valence-electron chi connectivity index (χ1n) is 4.77. The van der Waals surface area contributed by atoms with Crippen LogP contribution in [0.15, 0.2) is 36.4 Å². The van der Waals surface area contributed by atoms with Crippen molar-refractivity contribution in [2.24, 2.45) is 0 Å². The Bertz CT molecular complexity index is 451. The van der Waals surface area contributed by atoms with E-state index >= 15 is 0 Å². The molecule has 0 heterocycles. The van der Waals surface area contributed by atoms with E-state index in [1.807, 2.05) is 31.2 Å². The average Bonchev–Trinajstić information content (AvgIpc) is 2.18. The zero-order valence-electron chi connectivity index (χ0n) is 8.12. The van der Waals surface area contributed by atoms with Gasteiger partial charge in [-0.2, -0.15) is 0 Å². The molecule has 0 bridgehead atoms. The Hall–Kier alpha value is -1.70. The summed E-state index contributed by atoms with van der Waals surface area (Å²) >= 11 is 0. The lowest BCUT2D eigenvalue weighted by atomic mass is 10.1. The molecule has 2 aromatic rings. The Labute approximate surface area is 83.2 Å². The number of benzene rings is 2. The standard InChI is InChI=1S/C12H13NO/c1-2-13-12-8-10(14)7-9-5-3-4-6-11(9)12/h3-8,13-14H,2H2,1H3. The molecule has 72 valence electrons. The van der Waals surface area contributed by atoms with Gasteiger partial charge in [0.2, 0.25) is 0 Å². The van der Waals surface area contributed by atoms with Crippen molar-refractivity contribution in [1.82, 2.24) is 0 Å². The molecule has 2 rings (SSSR count). The number of nitrogens with one attached hydrogen (secondary N) is 1. The van der Waals surface area contributed by atoms with E-state index in [0.29, 0.717) is 5.75 Å². The van der Waals surface area contributed by atoms with Gasteiger partial charge in [0.15, 0.2) is 0 Å². The second kappa shape index (κ2) is 3.58. The molecule has 0 unspecified atom stereocenters. The largest absolute Gasteiger partial charge is 0.508 e. The molecule has 2 N–H and O–H groups in total. The van der Waals surface area contributed by atoms with E-state index in [9.17, 15) is 5.11 Å². The summed E-state index contributed by atoms with van der Waals surface area (Å²) in [5, 5.41) is 14.9. The second-order valence-corrected chi connectivity index (χ2v) is 3.24. The fourth-order valence-electron chi connectivity index (χ4n) is 1.63. The van der Waals surface area contributed by atoms with Gasteiger partial charge < -0.3 is 10.4 Å². The third kappa shape index (κ3) is 1.51. The smallest absolute Gasteiger partial charge is 0.118 e. The molecule has 0 spiro atoms. The highest BCUT2D eigenvalue weighted by molar-refractivity contribution is 5.95. The van der Waals surface area contributed by atoms with Crippen molar-refractivity contribution < 1.29 is 5.11 Å². The first-order valence-corrected chi connectivity index (χ1v) is 4.77. The van der Waals surface area contributed by atoms with Gasteiger partial charge >= 0.3 is 0 Å². The molecule has 14 heavy (non-hydrogen) atoms. The molecule has 0 saturated carbocycles. The maximum atomic E-state index is 9.50. The minimum absolute atomic E-state index is 0.305. The zero-order chi connectivity index (χ0) is 9.97. The monoisotopic (exact) mass is 187 g/mol. The van der Waals surface area contributed by atoms with Crippen LogP contribution in [0.3, 0.4) is 0 Å². The summed E-state index contributed by atoms with van der Waals surface area (Å²) in [6, 6.07) is 11.5. The molecule has 2 nitrogen and oxygen atoms in total. The molecule has 0 saturated heterocycles. The van der Waals surface area contributed by atoms with Crippen LogP contribution in [0.2, 0.25) is 0 Å². The molecule has 0 aliphatic carbocycles. The van der Waals surface area contributed by atoms with Crippen LogP contribution in [0, 0.1) is 0 Å². The highest BCUT2D eigenvalue weighted by Crippen LogP contribution is 2.28. The van der Waals surface area contributed by atoms with Crippen LogP contribution in [-0.4, -0.2) is 11.7 Å². The lowest BCUT2D eigenvalue weighted by molar-refractivity contribution is 0.476. The van der Waals surface area contributed by atoms with Crippen LogP contribution in [0.4, 0.5) is 5.69 Å². The minimum atomic E-state index is 0.305. The van der Waals surface area contributed by atoms with Crippen molar-refractivity contribution in [1.29, 1.82) is 0 Å². The quantitative estimate of drug-likeness (QED) is 0.757. The van der Waals surface area contributed by atoms with Crippen molar-refractivity contribution in [3.8, 4) is 5.75 Å². The van der Waals surface area contributed by atoms with Gasteiger partial charge in [-0.25, -0.2) is 0 Å². The van der Waals surface area contributed by atoms with Crippen molar-refractivity contribution in [2.45, 2.75) is 6.92 Å². The van der Waals surface area contributed by atoms with E-state index < -0.39 is 0 Å². The van der Waals surface area contributed by atoms with E-state index in [-0.39, 0.29) is 0 Å². The first-order chi connectivity index (χ1) is 6.81. The number of fused-ring (bicyclic) bond motifs is 1. The normalized spacial score (nSPS) is 10.4. The predicted octanol–water partition coefficient (Wildman–Crippen LogP) is 2.98. The van der Waals surface area contributed by atoms with E-state index in [0.717, 1.165) is 23.0 Å². The number of phenols is 1. The van der Waals surface area contributed by atoms with Gasteiger partial charge in [-0.1, -0.05) is 24.3 Å². The maximum Gasteiger partial charge on any atom is 0.118 e. The lowest BCUT2D eigenvalue weighted by Crippen LogP contribution is -1.96. The van der Waals surface area contributed by atoms with Crippen LogP contribution in [-0.2, 0) is 0 Å². The van der Waals surface area contributed by atoms with Crippen molar-refractivity contribution in [3.63, 3.8) is 0 Å². The van der Waals surface area contributed by atoms with E-state index in [4.69, 9.17) is 0 Å². The summed E-state index contributed by atoms with van der Waals surface area (Å²) in [4.78, 5) is 0. The number of aromatic hydroxyl groups is 1. The van der Waals surface area contributed by atoms with Gasteiger partial charge in [-0.05, 0) is 18.4 Å². The van der Waals surface area contributed by atoms with Crippen molar-refractivity contribution in [3.05, 3.63) is 36.4 Å². The zero-order valence-corrected chi connectivity index (χ0v) is 8.12. The summed E-state index contributed by atoms with van der Waals surface area (Å²) in [6.45, 7) is 2.90. The molecule has 0 fully saturated rings. The molecule has 0 atom stereocenters. The van der Waals surface area contributed by atoms with Gasteiger partial charge in [0.05, 0.1) is 0 Å². The van der Waals surface area contributed by atoms with Crippen LogP contribution >= 0.6 is 0 Å². The molecule has 0 aliphatic rings. The third-order valence-electron chi connectivity index (χ3n) is 2.21. The summed E-state index contributed by atoms with van der Waals surface area (Å²) in [7, 11) is 0. The van der Waals surface area contributed by atoms with Gasteiger partial charge in [0.1, 0.15) is 5.75 Å². The number of anilines is 1. The fourth-order valence-corrected chi connectivity index (χ4v) is 1.63. The summed E-state index contributed by atoms with van der Waals surface area (Å²) in [5.41, 5.74) is 0.989. The Kier molecular flexibility index (Phi) is 2.27. The molecular weight excluding hydrogens is 174 g/mol. The van der Waals surface area contributed by atoms with Crippen LogP contribution in [0.25, 0.3) is 10.8 Å². The molecule has 2 heteroatoms. The van der Waals surface area contributed by atoms with Crippen LogP contribution < -0.4 is 5.32 Å². The van der Waals surface area contributed by atoms with Gasteiger partial charge in [0, 0.05) is 23.7 Å². The van der Waals surface area contributed by atoms with Gasteiger partial charge in [-0.15, -0.1) is 0 Å². The molecule has 0 aliphatic heterocycles. The molecule has 2 aromatic carbocycles.